The van der Waals surface area contributed by atoms with Crippen LogP contribution >= 0.6 is 0 Å². The standard InChI is InChI=1S/C11H16N2/c1-8-3-4-9(12)10(7-8)13-11(2)5-6-11/h3-4,7,13H,5-6,12H2,1-2H3. The number of benzene rings is 1. The Morgan fingerprint density at radius 3 is 2.69 bits per heavy atom. The molecule has 0 atom stereocenters. The summed E-state index contributed by atoms with van der Waals surface area (Å²) in [6, 6.07) is 6.11. The Hall–Kier alpha value is -1.18. The molecule has 1 aromatic carbocycles. The minimum atomic E-state index is 0.307. The monoisotopic (exact) mass is 176 g/mol. The predicted molar refractivity (Wildman–Crippen MR) is 56.9 cm³/mol. The summed E-state index contributed by atoms with van der Waals surface area (Å²) in [7, 11) is 0. The number of aryl methyl sites for hydroxylation is 1. The average molecular weight is 176 g/mol. The largest absolute Gasteiger partial charge is 0.397 e. The zero-order valence-electron chi connectivity index (χ0n) is 8.22. The van der Waals surface area contributed by atoms with Gasteiger partial charge in [-0.15, -0.1) is 0 Å². The number of anilines is 2. The number of rotatable bonds is 2. The number of hydrogen-bond acceptors (Lipinski definition) is 2. The van der Waals surface area contributed by atoms with Crippen LogP contribution in [-0.2, 0) is 0 Å². The van der Waals surface area contributed by atoms with Gasteiger partial charge in [-0.1, -0.05) is 6.07 Å². The van der Waals surface area contributed by atoms with Crippen molar-refractivity contribution >= 4 is 11.4 Å². The van der Waals surface area contributed by atoms with Crippen LogP contribution in [0.4, 0.5) is 11.4 Å². The van der Waals surface area contributed by atoms with Crippen molar-refractivity contribution in [3.63, 3.8) is 0 Å². The third kappa shape index (κ3) is 1.77. The number of nitrogen functional groups attached to an aromatic ring is 1. The van der Waals surface area contributed by atoms with Crippen molar-refractivity contribution in [2.24, 2.45) is 0 Å². The highest BCUT2D eigenvalue weighted by Gasteiger charge is 2.37. The van der Waals surface area contributed by atoms with Crippen molar-refractivity contribution < 1.29 is 0 Å². The van der Waals surface area contributed by atoms with Gasteiger partial charge in [-0.2, -0.15) is 0 Å². The first kappa shape index (κ1) is 8.42. The Morgan fingerprint density at radius 2 is 2.08 bits per heavy atom. The van der Waals surface area contributed by atoms with E-state index in [9.17, 15) is 0 Å². The highest BCUT2D eigenvalue weighted by atomic mass is 15.0. The van der Waals surface area contributed by atoms with E-state index in [1.165, 1.54) is 18.4 Å². The van der Waals surface area contributed by atoms with Crippen LogP contribution in [0.2, 0.25) is 0 Å². The maximum atomic E-state index is 5.86. The fourth-order valence-corrected chi connectivity index (χ4v) is 1.42. The quantitative estimate of drug-likeness (QED) is 0.679. The molecule has 70 valence electrons. The van der Waals surface area contributed by atoms with E-state index >= 15 is 0 Å². The molecule has 0 bridgehead atoms. The topological polar surface area (TPSA) is 38.0 Å². The zero-order chi connectivity index (χ0) is 9.47. The Balaban J connectivity index is 2.23. The van der Waals surface area contributed by atoms with E-state index in [1.54, 1.807) is 0 Å². The molecule has 0 aromatic heterocycles. The lowest BCUT2D eigenvalue weighted by Crippen LogP contribution is -2.16. The van der Waals surface area contributed by atoms with Gasteiger partial charge in [0.1, 0.15) is 0 Å². The molecule has 2 nitrogen and oxygen atoms in total. The van der Waals surface area contributed by atoms with Crippen LogP contribution < -0.4 is 11.1 Å². The van der Waals surface area contributed by atoms with Crippen LogP contribution in [0.25, 0.3) is 0 Å². The lowest BCUT2D eigenvalue weighted by atomic mass is 10.1. The summed E-state index contributed by atoms with van der Waals surface area (Å²) in [4.78, 5) is 0. The van der Waals surface area contributed by atoms with E-state index in [0.717, 1.165) is 11.4 Å². The predicted octanol–water partition coefficient (Wildman–Crippen LogP) is 2.54. The fraction of sp³-hybridized carbons (Fsp3) is 0.455. The Bertz CT molecular complexity index is 327. The third-order valence-corrected chi connectivity index (χ3v) is 2.65. The molecule has 0 unspecified atom stereocenters. The Kier molecular flexibility index (Phi) is 1.72. The van der Waals surface area contributed by atoms with Gasteiger partial charge in [0, 0.05) is 5.54 Å². The molecule has 0 aliphatic heterocycles. The molecule has 2 heteroatoms. The molecule has 0 heterocycles. The second kappa shape index (κ2) is 2.66. The molecule has 3 N–H and O–H groups in total. The van der Waals surface area contributed by atoms with Gasteiger partial charge in [-0.3, -0.25) is 0 Å². The molecule has 0 spiro atoms. The minimum Gasteiger partial charge on any atom is -0.397 e. The molecule has 1 aromatic rings. The van der Waals surface area contributed by atoms with Gasteiger partial charge in [0.25, 0.3) is 0 Å². The summed E-state index contributed by atoms with van der Waals surface area (Å²) in [5.41, 5.74) is 9.35. The van der Waals surface area contributed by atoms with Crippen LogP contribution in [-0.4, -0.2) is 5.54 Å². The number of nitrogens with two attached hydrogens (primary N) is 1. The first-order valence-corrected chi connectivity index (χ1v) is 4.73. The Labute approximate surface area is 79.1 Å². The molecule has 2 rings (SSSR count). The summed E-state index contributed by atoms with van der Waals surface area (Å²) in [5.74, 6) is 0. The lowest BCUT2D eigenvalue weighted by molar-refractivity contribution is 0.830. The second-order valence-electron chi connectivity index (χ2n) is 4.28. The molecular formula is C11H16N2. The zero-order valence-corrected chi connectivity index (χ0v) is 8.22. The molecule has 13 heavy (non-hydrogen) atoms. The van der Waals surface area contributed by atoms with Gasteiger partial charge >= 0.3 is 0 Å². The minimum absolute atomic E-state index is 0.307. The van der Waals surface area contributed by atoms with Crippen LogP contribution in [0.5, 0.6) is 0 Å². The number of nitrogens with one attached hydrogen (secondary N) is 1. The summed E-state index contributed by atoms with van der Waals surface area (Å²) in [5, 5.41) is 3.48. The van der Waals surface area contributed by atoms with E-state index in [1.807, 2.05) is 12.1 Å². The smallest absolute Gasteiger partial charge is 0.0580 e. The molecule has 0 radical (unpaired) electrons. The second-order valence-corrected chi connectivity index (χ2v) is 4.28. The SMILES string of the molecule is Cc1ccc(N)c(NC2(C)CC2)c1. The molecule has 1 saturated carbocycles. The lowest BCUT2D eigenvalue weighted by Gasteiger charge is -2.15. The van der Waals surface area contributed by atoms with E-state index in [-0.39, 0.29) is 0 Å². The molecule has 0 amide bonds. The van der Waals surface area contributed by atoms with Crippen LogP contribution in [0.15, 0.2) is 18.2 Å². The molecular weight excluding hydrogens is 160 g/mol. The molecule has 1 aliphatic carbocycles. The summed E-state index contributed by atoms with van der Waals surface area (Å²) in [6.45, 7) is 4.31. The maximum absolute atomic E-state index is 5.86. The first-order chi connectivity index (χ1) is 6.09. The normalized spacial score (nSPS) is 18.3. The van der Waals surface area contributed by atoms with Crippen LogP contribution in [0.1, 0.15) is 25.3 Å². The summed E-state index contributed by atoms with van der Waals surface area (Å²) < 4.78 is 0. The van der Waals surface area contributed by atoms with Gasteiger partial charge in [0.05, 0.1) is 11.4 Å². The number of hydrogen-bond donors (Lipinski definition) is 2. The average Bonchev–Trinajstić information content (AvgIpc) is 2.76. The highest BCUT2D eigenvalue weighted by molar-refractivity contribution is 5.68. The first-order valence-electron chi connectivity index (χ1n) is 4.73. The molecule has 1 fully saturated rings. The third-order valence-electron chi connectivity index (χ3n) is 2.65. The van der Waals surface area contributed by atoms with Gasteiger partial charge < -0.3 is 11.1 Å². The van der Waals surface area contributed by atoms with E-state index < -0.39 is 0 Å². The van der Waals surface area contributed by atoms with Gasteiger partial charge in [-0.25, -0.2) is 0 Å². The summed E-state index contributed by atoms with van der Waals surface area (Å²) >= 11 is 0. The van der Waals surface area contributed by atoms with Crippen LogP contribution in [0, 0.1) is 6.92 Å². The summed E-state index contributed by atoms with van der Waals surface area (Å²) in [6.07, 6.45) is 2.50. The van der Waals surface area contributed by atoms with Crippen molar-refractivity contribution in [1.82, 2.24) is 0 Å². The fourth-order valence-electron chi connectivity index (χ4n) is 1.42. The van der Waals surface area contributed by atoms with Gasteiger partial charge in [0.2, 0.25) is 0 Å². The van der Waals surface area contributed by atoms with Gasteiger partial charge in [-0.05, 0) is 44.4 Å². The van der Waals surface area contributed by atoms with Crippen molar-refractivity contribution in [3.8, 4) is 0 Å². The van der Waals surface area contributed by atoms with E-state index in [4.69, 9.17) is 5.73 Å². The van der Waals surface area contributed by atoms with Crippen molar-refractivity contribution in [3.05, 3.63) is 23.8 Å². The van der Waals surface area contributed by atoms with Crippen molar-refractivity contribution in [2.75, 3.05) is 11.1 Å². The van der Waals surface area contributed by atoms with E-state index in [2.05, 4.69) is 25.2 Å². The Morgan fingerprint density at radius 1 is 1.38 bits per heavy atom. The van der Waals surface area contributed by atoms with Gasteiger partial charge in [0.15, 0.2) is 0 Å². The van der Waals surface area contributed by atoms with E-state index in [0.29, 0.717) is 5.54 Å². The molecule has 1 aliphatic rings. The highest BCUT2D eigenvalue weighted by Crippen LogP contribution is 2.39. The van der Waals surface area contributed by atoms with Crippen molar-refractivity contribution in [2.45, 2.75) is 32.2 Å². The van der Waals surface area contributed by atoms with Crippen LogP contribution in [0.3, 0.4) is 0 Å². The van der Waals surface area contributed by atoms with Crippen molar-refractivity contribution in [1.29, 1.82) is 0 Å². The molecule has 0 saturated heterocycles. The maximum Gasteiger partial charge on any atom is 0.0580 e.